The Morgan fingerprint density at radius 2 is 1.85 bits per heavy atom. The lowest BCUT2D eigenvalue weighted by atomic mass is 9.78. The fraction of sp³-hybridized carbons (Fsp3) is 0.667. The van der Waals surface area contributed by atoms with Crippen LogP contribution in [0.4, 0.5) is 0 Å². The molecule has 0 bridgehead atoms. The Morgan fingerprint density at radius 3 is 2.40 bits per heavy atom. The van der Waals surface area contributed by atoms with E-state index >= 15 is 0 Å². The molecule has 2 heteroatoms. The van der Waals surface area contributed by atoms with Crippen molar-refractivity contribution < 1.29 is 5.11 Å². The minimum Gasteiger partial charge on any atom is -0.386 e. The van der Waals surface area contributed by atoms with Crippen molar-refractivity contribution in [3.05, 3.63) is 35.4 Å². The molecular formula is C18H27NO. The van der Waals surface area contributed by atoms with Crippen LogP contribution in [0.25, 0.3) is 0 Å². The van der Waals surface area contributed by atoms with Crippen molar-refractivity contribution in [2.24, 2.45) is 0 Å². The van der Waals surface area contributed by atoms with Gasteiger partial charge in [0.1, 0.15) is 0 Å². The van der Waals surface area contributed by atoms with E-state index in [2.05, 4.69) is 43.3 Å². The molecule has 0 aliphatic heterocycles. The third-order valence-corrected chi connectivity index (χ3v) is 5.67. The van der Waals surface area contributed by atoms with Crippen LogP contribution in [0.2, 0.25) is 0 Å². The highest BCUT2D eigenvalue weighted by Crippen LogP contribution is 2.44. The minimum atomic E-state index is -0.361. The normalized spacial score (nSPS) is 23.8. The zero-order valence-corrected chi connectivity index (χ0v) is 12.8. The van der Waals surface area contributed by atoms with E-state index < -0.39 is 0 Å². The summed E-state index contributed by atoms with van der Waals surface area (Å²) in [7, 11) is 4.23. The van der Waals surface area contributed by atoms with Crippen LogP contribution in [0.1, 0.15) is 68.1 Å². The smallest absolute Gasteiger partial charge is 0.0973 e. The van der Waals surface area contributed by atoms with Crippen LogP contribution in [-0.2, 0) is 0 Å². The van der Waals surface area contributed by atoms with Crippen molar-refractivity contribution in [2.45, 2.75) is 62.5 Å². The number of likely N-dealkylation sites (N-methyl/N-ethyl adjacent to an activating group) is 1. The van der Waals surface area contributed by atoms with Crippen molar-refractivity contribution in [1.82, 2.24) is 4.90 Å². The van der Waals surface area contributed by atoms with E-state index in [1.54, 1.807) is 0 Å². The van der Waals surface area contributed by atoms with Gasteiger partial charge in [-0.15, -0.1) is 0 Å². The summed E-state index contributed by atoms with van der Waals surface area (Å²) in [4.78, 5) is 2.25. The van der Waals surface area contributed by atoms with E-state index in [0.717, 1.165) is 24.3 Å². The Hall–Kier alpha value is -0.860. The lowest BCUT2D eigenvalue weighted by Crippen LogP contribution is -2.47. The largest absolute Gasteiger partial charge is 0.386 e. The third-order valence-electron chi connectivity index (χ3n) is 5.67. The third kappa shape index (κ3) is 2.29. The predicted molar refractivity (Wildman–Crippen MR) is 82.9 cm³/mol. The second-order valence-corrected chi connectivity index (χ2v) is 6.91. The van der Waals surface area contributed by atoms with Crippen molar-refractivity contribution >= 4 is 0 Å². The van der Waals surface area contributed by atoms with Crippen molar-refractivity contribution in [3.63, 3.8) is 0 Å². The van der Waals surface area contributed by atoms with Gasteiger partial charge in [0.15, 0.2) is 0 Å². The lowest BCUT2D eigenvalue weighted by Gasteiger charge is -2.41. The SMILES string of the molecule is CN(C)C1(C(O)c2cccc(C3CCC3)c2)CCCC1. The highest BCUT2D eigenvalue weighted by atomic mass is 16.3. The second-order valence-electron chi connectivity index (χ2n) is 6.91. The molecular weight excluding hydrogens is 246 g/mol. The molecule has 2 aliphatic carbocycles. The van der Waals surface area contributed by atoms with E-state index in [0.29, 0.717) is 0 Å². The van der Waals surface area contributed by atoms with Gasteiger partial charge in [0.05, 0.1) is 11.6 Å². The van der Waals surface area contributed by atoms with Gasteiger partial charge < -0.3 is 10.0 Å². The Morgan fingerprint density at radius 1 is 1.15 bits per heavy atom. The van der Waals surface area contributed by atoms with Crippen LogP contribution >= 0.6 is 0 Å². The summed E-state index contributed by atoms with van der Waals surface area (Å²) in [6.07, 6.45) is 8.31. The van der Waals surface area contributed by atoms with Gasteiger partial charge in [-0.2, -0.15) is 0 Å². The van der Waals surface area contributed by atoms with Gasteiger partial charge in [-0.25, -0.2) is 0 Å². The average Bonchev–Trinajstić information content (AvgIpc) is 2.87. The summed E-state index contributed by atoms with van der Waals surface area (Å²) in [5.74, 6) is 0.737. The number of hydrogen-bond donors (Lipinski definition) is 1. The first-order valence-electron chi connectivity index (χ1n) is 8.09. The molecule has 0 heterocycles. The van der Waals surface area contributed by atoms with Crippen molar-refractivity contribution in [1.29, 1.82) is 0 Å². The van der Waals surface area contributed by atoms with Crippen LogP contribution in [0.5, 0.6) is 0 Å². The second kappa shape index (κ2) is 5.50. The number of hydrogen-bond acceptors (Lipinski definition) is 2. The van der Waals surface area contributed by atoms with Gasteiger partial charge in [-0.3, -0.25) is 0 Å². The molecule has 1 aromatic rings. The summed E-state index contributed by atoms with van der Waals surface area (Å²) in [5, 5.41) is 11.0. The number of aliphatic hydroxyl groups is 1. The van der Waals surface area contributed by atoms with Crippen LogP contribution in [-0.4, -0.2) is 29.6 Å². The summed E-state index contributed by atoms with van der Waals surface area (Å²) < 4.78 is 0. The number of nitrogens with zero attached hydrogens (tertiary/aromatic N) is 1. The standard InChI is InChI=1S/C18H27NO/c1-19(2)18(11-3-4-12-18)17(20)16-10-6-9-15(13-16)14-7-5-8-14/h6,9-10,13-14,17,20H,3-5,7-8,11-12H2,1-2H3. The maximum absolute atomic E-state index is 11.0. The summed E-state index contributed by atoms with van der Waals surface area (Å²) >= 11 is 0. The molecule has 2 aliphatic rings. The number of rotatable bonds is 4. The van der Waals surface area contributed by atoms with Crippen molar-refractivity contribution in [3.8, 4) is 0 Å². The van der Waals surface area contributed by atoms with Crippen LogP contribution in [0, 0.1) is 0 Å². The molecule has 20 heavy (non-hydrogen) atoms. The van der Waals surface area contributed by atoms with Gasteiger partial charge in [0.2, 0.25) is 0 Å². The van der Waals surface area contributed by atoms with E-state index in [1.807, 2.05) is 0 Å². The quantitative estimate of drug-likeness (QED) is 0.900. The topological polar surface area (TPSA) is 23.5 Å². The summed E-state index contributed by atoms with van der Waals surface area (Å²) in [6.45, 7) is 0. The molecule has 0 aromatic heterocycles. The molecule has 0 amide bonds. The predicted octanol–water partition coefficient (Wildman–Crippen LogP) is 3.86. The fourth-order valence-corrected chi connectivity index (χ4v) is 3.99. The fourth-order valence-electron chi connectivity index (χ4n) is 3.99. The molecule has 1 N–H and O–H groups in total. The van der Waals surface area contributed by atoms with E-state index in [9.17, 15) is 5.11 Å². The van der Waals surface area contributed by atoms with E-state index in [1.165, 1.54) is 37.7 Å². The zero-order chi connectivity index (χ0) is 14.2. The summed E-state index contributed by atoms with van der Waals surface area (Å²) in [6, 6.07) is 8.73. The molecule has 0 saturated heterocycles. The van der Waals surface area contributed by atoms with Crippen molar-refractivity contribution in [2.75, 3.05) is 14.1 Å². The molecule has 1 atom stereocenters. The Bertz CT molecular complexity index is 458. The van der Waals surface area contributed by atoms with Crippen LogP contribution in [0.3, 0.4) is 0 Å². The monoisotopic (exact) mass is 273 g/mol. The Balaban J connectivity index is 1.87. The molecule has 110 valence electrons. The van der Waals surface area contributed by atoms with E-state index in [-0.39, 0.29) is 11.6 Å². The molecule has 2 fully saturated rings. The minimum absolute atomic E-state index is 0.0573. The lowest BCUT2D eigenvalue weighted by molar-refractivity contribution is -0.00481. The number of aliphatic hydroxyl groups excluding tert-OH is 1. The van der Waals surface area contributed by atoms with Gasteiger partial charge >= 0.3 is 0 Å². The number of benzene rings is 1. The maximum atomic E-state index is 11.0. The Labute approximate surface area is 122 Å². The molecule has 2 saturated carbocycles. The zero-order valence-electron chi connectivity index (χ0n) is 12.8. The highest BCUT2D eigenvalue weighted by Gasteiger charge is 2.43. The maximum Gasteiger partial charge on any atom is 0.0973 e. The average molecular weight is 273 g/mol. The first-order chi connectivity index (χ1) is 9.63. The first kappa shape index (κ1) is 14.1. The van der Waals surface area contributed by atoms with Gasteiger partial charge in [0, 0.05) is 0 Å². The first-order valence-corrected chi connectivity index (χ1v) is 8.09. The molecule has 0 radical (unpaired) electrons. The Kier molecular flexibility index (Phi) is 3.87. The molecule has 2 nitrogen and oxygen atoms in total. The molecule has 3 rings (SSSR count). The summed E-state index contributed by atoms with van der Waals surface area (Å²) in [5.41, 5.74) is 2.49. The molecule has 0 spiro atoms. The molecule has 1 aromatic carbocycles. The molecule has 1 unspecified atom stereocenters. The van der Waals surface area contributed by atoms with Gasteiger partial charge in [-0.05, 0) is 56.8 Å². The van der Waals surface area contributed by atoms with Crippen LogP contribution < -0.4 is 0 Å². The van der Waals surface area contributed by atoms with Gasteiger partial charge in [0.25, 0.3) is 0 Å². The highest BCUT2D eigenvalue weighted by molar-refractivity contribution is 5.31. The van der Waals surface area contributed by atoms with Crippen LogP contribution in [0.15, 0.2) is 24.3 Å². The van der Waals surface area contributed by atoms with Gasteiger partial charge in [-0.1, -0.05) is 43.5 Å². The van der Waals surface area contributed by atoms with E-state index in [4.69, 9.17) is 0 Å².